The Balaban J connectivity index is 1.92. The Morgan fingerprint density at radius 1 is 1.12 bits per heavy atom. The van der Waals surface area contributed by atoms with E-state index in [9.17, 15) is 9.18 Å². The standard InChI is InChI=1S/C19H17FN2OS/c1-2-12-22-18(23)17(13-14-8-10-15(20)11-9-14)24-19(22)21-16-6-4-3-5-7-16/h3-11,13H,2,12H2,1H3/b17-13-,21-19?. The first-order valence-electron chi connectivity index (χ1n) is 7.78. The van der Waals surface area contributed by atoms with Gasteiger partial charge in [-0.05, 0) is 54.1 Å². The van der Waals surface area contributed by atoms with Crippen LogP contribution >= 0.6 is 11.8 Å². The van der Waals surface area contributed by atoms with Gasteiger partial charge in [0.15, 0.2) is 5.17 Å². The molecule has 0 bridgehead atoms. The number of amidine groups is 1. The lowest BCUT2D eigenvalue weighted by molar-refractivity contribution is -0.122. The summed E-state index contributed by atoms with van der Waals surface area (Å²) in [6.45, 7) is 2.65. The topological polar surface area (TPSA) is 32.7 Å². The van der Waals surface area contributed by atoms with Crippen molar-refractivity contribution in [3.63, 3.8) is 0 Å². The van der Waals surface area contributed by atoms with Gasteiger partial charge in [-0.3, -0.25) is 9.69 Å². The Kier molecular flexibility index (Phi) is 5.11. The van der Waals surface area contributed by atoms with E-state index >= 15 is 0 Å². The number of amides is 1. The lowest BCUT2D eigenvalue weighted by atomic mass is 10.2. The molecule has 0 aromatic heterocycles. The average Bonchev–Trinajstić information content (AvgIpc) is 2.87. The van der Waals surface area contributed by atoms with E-state index in [4.69, 9.17) is 0 Å². The zero-order chi connectivity index (χ0) is 16.9. The Morgan fingerprint density at radius 3 is 2.50 bits per heavy atom. The number of hydrogen-bond donors (Lipinski definition) is 0. The quantitative estimate of drug-likeness (QED) is 0.746. The van der Waals surface area contributed by atoms with E-state index in [0.29, 0.717) is 16.6 Å². The van der Waals surface area contributed by atoms with Gasteiger partial charge in [0.25, 0.3) is 5.91 Å². The number of carbonyl (C=O) groups excluding carboxylic acids is 1. The Hall–Kier alpha value is -2.40. The van der Waals surface area contributed by atoms with Crippen molar-refractivity contribution in [3.8, 4) is 0 Å². The van der Waals surface area contributed by atoms with Crippen LogP contribution < -0.4 is 0 Å². The number of thioether (sulfide) groups is 1. The number of para-hydroxylation sites is 1. The Labute approximate surface area is 144 Å². The minimum absolute atomic E-state index is 0.0548. The lowest BCUT2D eigenvalue weighted by Gasteiger charge is -2.13. The van der Waals surface area contributed by atoms with Gasteiger partial charge in [0.05, 0.1) is 10.6 Å². The molecule has 1 aliphatic rings. The Bertz CT molecular complexity index is 785. The molecule has 0 saturated carbocycles. The van der Waals surface area contributed by atoms with Crippen LogP contribution in [0.5, 0.6) is 0 Å². The maximum absolute atomic E-state index is 13.0. The van der Waals surface area contributed by atoms with E-state index in [1.807, 2.05) is 37.3 Å². The van der Waals surface area contributed by atoms with Gasteiger partial charge in [0.2, 0.25) is 0 Å². The van der Waals surface area contributed by atoms with Crippen LogP contribution in [0.25, 0.3) is 6.08 Å². The number of benzene rings is 2. The van der Waals surface area contributed by atoms with Gasteiger partial charge in [-0.25, -0.2) is 9.38 Å². The first-order valence-corrected chi connectivity index (χ1v) is 8.60. The van der Waals surface area contributed by atoms with Crippen molar-refractivity contribution in [2.24, 2.45) is 4.99 Å². The molecule has 1 saturated heterocycles. The van der Waals surface area contributed by atoms with Crippen LogP contribution in [0.4, 0.5) is 10.1 Å². The van der Waals surface area contributed by atoms with Crippen LogP contribution in [-0.4, -0.2) is 22.5 Å². The van der Waals surface area contributed by atoms with Gasteiger partial charge in [-0.2, -0.15) is 0 Å². The highest BCUT2D eigenvalue weighted by molar-refractivity contribution is 8.18. The van der Waals surface area contributed by atoms with Crippen LogP contribution in [0.2, 0.25) is 0 Å². The maximum atomic E-state index is 13.0. The maximum Gasteiger partial charge on any atom is 0.266 e. The second-order valence-electron chi connectivity index (χ2n) is 5.35. The molecule has 2 aromatic carbocycles. The summed E-state index contributed by atoms with van der Waals surface area (Å²) in [6, 6.07) is 15.7. The zero-order valence-electron chi connectivity index (χ0n) is 13.3. The van der Waals surface area contributed by atoms with E-state index in [1.165, 1.54) is 23.9 Å². The molecule has 3 nitrogen and oxygen atoms in total. The first kappa shape index (κ1) is 16.5. The molecular formula is C19H17FN2OS. The fourth-order valence-corrected chi connectivity index (χ4v) is 3.36. The average molecular weight is 340 g/mol. The minimum atomic E-state index is -0.290. The number of carbonyl (C=O) groups is 1. The normalized spacial score (nSPS) is 17.9. The number of halogens is 1. The summed E-state index contributed by atoms with van der Waals surface area (Å²) in [5.41, 5.74) is 1.61. The zero-order valence-corrected chi connectivity index (χ0v) is 14.1. The molecule has 0 radical (unpaired) electrons. The highest BCUT2D eigenvalue weighted by atomic mass is 32.2. The predicted molar refractivity (Wildman–Crippen MR) is 97.5 cm³/mol. The molecule has 24 heavy (non-hydrogen) atoms. The summed E-state index contributed by atoms with van der Waals surface area (Å²) in [4.78, 5) is 19.6. The monoisotopic (exact) mass is 340 g/mol. The van der Waals surface area contributed by atoms with Crippen molar-refractivity contribution in [3.05, 3.63) is 70.9 Å². The molecule has 5 heteroatoms. The van der Waals surface area contributed by atoms with Gasteiger partial charge in [-0.1, -0.05) is 37.3 Å². The largest absolute Gasteiger partial charge is 0.286 e. The number of aliphatic imine (C=N–C) groups is 1. The number of rotatable bonds is 4. The molecule has 1 fully saturated rings. The van der Waals surface area contributed by atoms with Crippen LogP contribution in [-0.2, 0) is 4.79 Å². The molecule has 2 aromatic rings. The molecule has 0 spiro atoms. The SMILES string of the molecule is CCCN1C(=O)/C(=C/c2ccc(F)cc2)SC1=Nc1ccccc1. The Morgan fingerprint density at radius 2 is 1.83 bits per heavy atom. The molecule has 122 valence electrons. The molecule has 0 unspecified atom stereocenters. The second kappa shape index (κ2) is 7.45. The molecule has 1 amide bonds. The third kappa shape index (κ3) is 3.74. The summed E-state index contributed by atoms with van der Waals surface area (Å²) in [6.07, 6.45) is 2.63. The molecule has 1 aliphatic heterocycles. The number of hydrogen-bond acceptors (Lipinski definition) is 3. The van der Waals surface area contributed by atoms with E-state index in [1.54, 1.807) is 23.1 Å². The van der Waals surface area contributed by atoms with E-state index in [2.05, 4.69) is 4.99 Å². The van der Waals surface area contributed by atoms with E-state index in [-0.39, 0.29) is 11.7 Å². The van der Waals surface area contributed by atoms with Gasteiger partial charge in [0.1, 0.15) is 5.82 Å². The van der Waals surface area contributed by atoms with E-state index < -0.39 is 0 Å². The molecule has 0 atom stereocenters. The predicted octanol–water partition coefficient (Wildman–Crippen LogP) is 4.84. The molecular weight excluding hydrogens is 323 g/mol. The summed E-state index contributed by atoms with van der Waals surface area (Å²) in [7, 11) is 0. The lowest BCUT2D eigenvalue weighted by Crippen LogP contribution is -2.29. The van der Waals surface area contributed by atoms with Crippen LogP contribution in [0.3, 0.4) is 0 Å². The second-order valence-corrected chi connectivity index (χ2v) is 6.36. The minimum Gasteiger partial charge on any atom is -0.286 e. The third-order valence-corrected chi connectivity index (χ3v) is 4.49. The highest BCUT2D eigenvalue weighted by Crippen LogP contribution is 2.34. The van der Waals surface area contributed by atoms with Crippen molar-refractivity contribution >= 4 is 34.6 Å². The van der Waals surface area contributed by atoms with E-state index in [0.717, 1.165) is 17.7 Å². The van der Waals surface area contributed by atoms with Crippen molar-refractivity contribution in [2.75, 3.05) is 6.54 Å². The molecule has 0 aliphatic carbocycles. The number of nitrogens with zero attached hydrogens (tertiary/aromatic N) is 2. The van der Waals surface area contributed by atoms with Gasteiger partial charge in [0, 0.05) is 6.54 Å². The van der Waals surface area contributed by atoms with Crippen molar-refractivity contribution in [2.45, 2.75) is 13.3 Å². The fourth-order valence-electron chi connectivity index (χ4n) is 2.34. The first-order chi connectivity index (χ1) is 11.7. The fraction of sp³-hybridized carbons (Fsp3) is 0.158. The van der Waals surface area contributed by atoms with Crippen molar-refractivity contribution in [1.29, 1.82) is 0 Å². The highest BCUT2D eigenvalue weighted by Gasteiger charge is 2.32. The van der Waals surface area contributed by atoms with Gasteiger partial charge < -0.3 is 0 Å². The van der Waals surface area contributed by atoms with Crippen LogP contribution in [0, 0.1) is 5.82 Å². The van der Waals surface area contributed by atoms with Crippen LogP contribution in [0.1, 0.15) is 18.9 Å². The van der Waals surface area contributed by atoms with Crippen molar-refractivity contribution < 1.29 is 9.18 Å². The summed E-state index contributed by atoms with van der Waals surface area (Å²) in [5, 5.41) is 0.682. The molecule has 3 rings (SSSR count). The summed E-state index contributed by atoms with van der Waals surface area (Å²) in [5.74, 6) is -0.345. The molecule has 1 heterocycles. The smallest absolute Gasteiger partial charge is 0.266 e. The van der Waals surface area contributed by atoms with Gasteiger partial charge >= 0.3 is 0 Å². The summed E-state index contributed by atoms with van der Waals surface area (Å²) >= 11 is 1.35. The molecule has 0 N–H and O–H groups in total. The third-order valence-electron chi connectivity index (χ3n) is 3.48. The summed E-state index contributed by atoms with van der Waals surface area (Å²) < 4.78 is 13.0. The van der Waals surface area contributed by atoms with Gasteiger partial charge in [-0.15, -0.1) is 0 Å². The van der Waals surface area contributed by atoms with Crippen molar-refractivity contribution in [1.82, 2.24) is 4.90 Å². The van der Waals surface area contributed by atoms with Crippen LogP contribution in [0.15, 0.2) is 64.5 Å².